The van der Waals surface area contributed by atoms with E-state index in [-0.39, 0.29) is 10.5 Å². The molecule has 0 atom stereocenters. The summed E-state index contributed by atoms with van der Waals surface area (Å²) in [4.78, 5) is -0.280. The molecule has 0 aliphatic heterocycles. The molecule has 1 heterocycles. The highest BCUT2D eigenvalue weighted by Gasteiger charge is 2.41. The summed E-state index contributed by atoms with van der Waals surface area (Å²) in [5.41, 5.74) is 3.02. The lowest BCUT2D eigenvalue weighted by Gasteiger charge is -2.29. The van der Waals surface area contributed by atoms with Crippen molar-refractivity contribution >= 4 is 33.0 Å². The van der Waals surface area contributed by atoms with E-state index in [0.29, 0.717) is 39.3 Å². The number of allylic oxidation sites excluding steroid dienone is 4. The Morgan fingerprint density at radius 1 is 1.00 bits per heavy atom. The minimum atomic E-state index is -4.82. The van der Waals surface area contributed by atoms with Gasteiger partial charge < -0.3 is 9.29 Å². The second-order valence-corrected chi connectivity index (χ2v) is 8.63. The van der Waals surface area contributed by atoms with Gasteiger partial charge in [0.2, 0.25) is 5.70 Å². The molecule has 1 N–H and O–H groups in total. The smallest absolute Gasteiger partial charge is 0.319 e. The summed E-state index contributed by atoms with van der Waals surface area (Å²) in [5.74, 6) is 0.607. The van der Waals surface area contributed by atoms with Crippen molar-refractivity contribution in [2.75, 3.05) is 7.11 Å². The zero-order valence-corrected chi connectivity index (χ0v) is 18.8. The molecule has 0 saturated heterocycles. The molecule has 1 aliphatic rings. The summed E-state index contributed by atoms with van der Waals surface area (Å²) in [6.07, 6.45) is 5.05. The molecular formula is C26H18N3O4S+. The molecule has 0 unspecified atom stereocenters. The molecule has 1 aromatic heterocycles. The van der Waals surface area contributed by atoms with Gasteiger partial charge in [0.15, 0.2) is 18.0 Å². The van der Waals surface area contributed by atoms with Crippen LogP contribution in [0.2, 0.25) is 0 Å². The number of aromatic nitrogens is 1. The van der Waals surface area contributed by atoms with Crippen LogP contribution in [0.25, 0.3) is 22.9 Å². The zero-order chi connectivity index (χ0) is 24.3. The standard InChI is InChI=1S/C26H17N3O4S/c1-33-22-11-9-21(10-12-22)24-25(29-13-3-2-4-14-29)23(26(24)34(30,31)32)20-7-5-18(6-8-20)15-19(16-27)17-28/h2-15H,1H3/p+1. The molecule has 0 fully saturated rings. The third-order valence-electron chi connectivity index (χ3n) is 5.30. The van der Waals surface area contributed by atoms with Crippen LogP contribution in [0.15, 0.2) is 89.6 Å². The van der Waals surface area contributed by atoms with Crippen LogP contribution >= 0.6 is 0 Å². The number of hydrogen-bond acceptors (Lipinski definition) is 5. The maximum atomic E-state index is 12.4. The van der Waals surface area contributed by atoms with Gasteiger partial charge >= 0.3 is 6.07 Å². The largest absolute Gasteiger partial charge is 0.744 e. The number of hydrogen-bond donors (Lipinski definition) is 1. The number of nitrogens with zero attached hydrogens (tertiary/aromatic N) is 2. The third-order valence-corrected chi connectivity index (χ3v) is 6.20. The van der Waals surface area contributed by atoms with Crippen molar-refractivity contribution in [1.29, 1.82) is 5.26 Å². The van der Waals surface area contributed by atoms with Crippen molar-refractivity contribution in [2.45, 2.75) is 0 Å². The number of ether oxygens (including phenoxy) is 1. The predicted molar refractivity (Wildman–Crippen MR) is 124 cm³/mol. The first-order valence-corrected chi connectivity index (χ1v) is 11.5. The van der Waals surface area contributed by atoms with Crippen LogP contribution in [0.3, 0.4) is 0 Å². The highest BCUT2D eigenvalue weighted by atomic mass is 32.2. The van der Waals surface area contributed by atoms with E-state index in [0.717, 1.165) is 0 Å². The van der Waals surface area contributed by atoms with Crippen molar-refractivity contribution in [3.8, 4) is 17.9 Å². The lowest BCUT2D eigenvalue weighted by Crippen LogP contribution is -2.38. The molecule has 0 bridgehead atoms. The van der Waals surface area contributed by atoms with Gasteiger partial charge in [-0.1, -0.05) is 47.7 Å². The Morgan fingerprint density at radius 2 is 1.59 bits per heavy atom. The second kappa shape index (κ2) is 9.16. The van der Waals surface area contributed by atoms with E-state index in [4.69, 9.17) is 15.3 Å². The van der Waals surface area contributed by atoms with Crippen LogP contribution in [0, 0.1) is 17.4 Å². The fourth-order valence-corrected chi connectivity index (χ4v) is 4.69. The first-order valence-electron chi connectivity index (χ1n) is 10.1. The number of rotatable bonds is 6. The normalized spacial score (nSPS) is 13.7. The Bertz CT molecular complexity index is 1520. The molecule has 0 spiro atoms. The van der Waals surface area contributed by atoms with Crippen LogP contribution in [-0.4, -0.2) is 20.1 Å². The quantitative estimate of drug-likeness (QED) is 0.337. The summed E-state index contributed by atoms with van der Waals surface area (Å²) >= 11 is 0. The third kappa shape index (κ3) is 4.24. The lowest BCUT2D eigenvalue weighted by molar-refractivity contribution is -0.577. The van der Waals surface area contributed by atoms with E-state index in [1.807, 2.05) is 30.3 Å². The summed E-state index contributed by atoms with van der Waals surface area (Å²) < 4.78 is 44.2. The van der Waals surface area contributed by atoms with Gasteiger partial charge in [-0.05, 0) is 34.9 Å². The molecule has 0 amide bonds. The summed E-state index contributed by atoms with van der Waals surface area (Å²) in [5, 5.41) is 16.1. The fourth-order valence-electron chi connectivity index (χ4n) is 3.76. The van der Waals surface area contributed by atoms with Gasteiger partial charge in [-0.15, -0.1) is 0 Å². The van der Waals surface area contributed by atoms with E-state index < -0.39 is 10.1 Å². The van der Waals surface area contributed by atoms with Gasteiger partial charge in [-0.2, -0.15) is 9.83 Å². The van der Waals surface area contributed by atoms with E-state index in [1.54, 1.807) is 65.5 Å². The average Bonchev–Trinajstić information content (AvgIpc) is 2.83. The Balaban J connectivity index is 1.91. The first-order chi connectivity index (χ1) is 16.4. The number of benzene rings is 2. The lowest BCUT2D eigenvalue weighted by atomic mass is 9.84. The number of methoxy groups -OCH3 is 1. The van der Waals surface area contributed by atoms with Gasteiger partial charge in [0.05, 0.1) is 23.2 Å². The highest BCUT2D eigenvalue weighted by molar-refractivity contribution is 7.90. The number of pyridine rings is 1. The molecule has 2 aromatic carbocycles. The van der Waals surface area contributed by atoms with Crippen LogP contribution in [0.5, 0.6) is 5.75 Å². The average molecular weight is 469 g/mol. The Morgan fingerprint density at radius 3 is 2.12 bits per heavy atom. The van der Waals surface area contributed by atoms with Gasteiger partial charge in [0.1, 0.15) is 21.9 Å². The Kier molecular flexibility index (Phi) is 6.11. The molecule has 3 aromatic rings. The van der Waals surface area contributed by atoms with Crippen molar-refractivity contribution in [2.24, 2.45) is 0 Å². The van der Waals surface area contributed by atoms with Crippen LogP contribution in [0.1, 0.15) is 16.7 Å². The molecule has 4 rings (SSSR count). The summed E-state index contributed by atoms with van der Waals surface area (Å²) in [6.45, 7) is 0. The highest BCUT2D eigenvalue weighted by Crippen LogP contribution is 2.49. The minimum Gasteiger partial charge on any atom is -0.744 e. The Labute approximate surface area is 197 Å². The molecule has 7 nitrogen and oxygen atoms in total. The van der Waals surface area contributed by atoms with E-state index >= 15 is 0 Å². The molecular weight excluding hydrogens is 450 g/mol. The summed E-state index contributed by atoms with van der Waals surface area (Å²) in [7, 11) is -3.28. The predicted octanol–water partition coefficient (Wildman–Crippen LogP) is 2.00. The zero-order valence-electron chi connectivity index (χ0n) is 18.0. The van der Waals surface area contributed by atoms with Gasteiger partial charge in [0, 0.05) is 12.1 Å². The van der Waals surface area contributed by atoms with Crippen LogP contribution < -0.4 is 14.6 Å². The van der Waals surface area contributed by atoms with E-state index in [9.17, 15) is 13.0 Å². The molecule has 1 aliphatic carbocycles. The van der Waals surface area contributed by atoms with Gasteiger partial charge in [-0.25, -0.2) is 8.42 Å². The maximum Gasteiger partial charge on any atom is 0.319 e. The van der Waals surface area contributed by atoms with Crippen molar-refractivity contribution in [1.82, 2.24) is 0 Å². The monoisotopic (exact) mass is 468 g/mol. The van der Waals surface area contributed by atoms with Crippen molar-refractivity contribution in [3.63, 3.8) is 0 Å². The molecule has 0 radical (unpaired) electrons. The maximum absolute atomic E-state index is 12.4. The molecule has 8 heteroatoms. The van der Waals surface area contributed by atoms with Crippen molar-refractivity contribution < 1.29 is 27.5 Å². The van der Waals surface area contributed by atoms with Gasteiger partial charge in [-0.3, -0.25) is 0 Å². The Hall–Kier alpha value is -4.50. The minimum absolute atomic E-state index is 0.0562. The fraction of sp³-hybridized carbons (Fsp3) is 0.0385. The van der Waals surface area contributed by atoms with Crippen LogP contribution in [0.4, 0.5) is 0 Å². The first kappa shape index (κ1) is 22.7. The molecule has 166 valence electrons. The van der Waals surface area contributed by atoms with Gasteiger partial charge in [0.25, 0.3) is 0 Å². The topological polar surface area (TPSA) is 118 Å². The summed E-state index contributed by atoms with van der Waals surface area (Å²) in [6, 6.07) is 22.9. The van der Waals surface area contributed by atoms with E-state index in [1.165, 1.54) is 13.2 Å². The van der Waals surface area contributed by atoms with Crippen LogP contribution in [-0.2, 0) is 10.1 Å². The van der Waals surface area contributed by atoms with E-state index in [2.05, 4.69) is 0 Å². The molecule has 0 saturated carbocycles. The second-order valence-electron chi connectivity index (χ2n) is 7.31. The molecule has 34 heavy (non-hydrogen) atoms. The number of nitrogens with one attached hydrogen (secondary N) is 1. The SMILES string of the molecule is COc1ccc(C2=C(S(=O)(=O)[O-])C(c3ccc(C=C(C#N)C#[NH+])cc3)=C2[n+]2ccccc2)cc1. The number of nitriles is 1. The van der Waals surface area contributed by atoms with Crippen molar-refractivity contribution in [3.05, 3.63) is 106 Å².